The highest BCUT2D eigenvalue weighted by Crippen LogP contribution is 2.39. The van der Waals surface area contributed by atoms with Gasteiger partial charge in [-0.05, 0) is 66.6 Å². The summed E-state index contributed by atoms with van der Waals surface area (Å²) in [4.78, 5) is 27.5. The fourth-order valence-electron chi connectivity index (χ4n) is 4.83. The monoisotopic (exact) mass is 571 g/mol. The lowest BCUT2D eigenvalue weighted by atomic mass is 9.95. The van der Waals surface area contributed by atoms with Gasteiger partial charge in [0.25, 0.3) is 0 Å². The average molecular weight is 572 g/mol. The molecule has 0 amide bonds. The fraction of sp³-hybridized carbons (Fsp3) is 0.333. The summed E-state index contributed by atoms with van der Waals surface area (Å²) in [6.07, 6.45) is -0.0288. The van der Waals surface area contributed by atoms with Crippen molar-refractivity contribution in [2.24, 2.45) is 5.92 Å². The molecule has 0 radical (unpaired) electrons. The minimum Gasteiger partial charge on any atom is -0.481 e. The number of ketones is 1. The number of Topliss-reactive ketones (excluding diaryl/α,β-unsaturated/α-hetero) is 1. The van der Waals surface area contributed by atoms with E-state index in [4.69, 9.17) is 16.7 Å². The zero-order valence-electron chi connectivity index (χ0n) is 22.3. The maximum Gasteiger partial charge on any atom is 0.416 e. The van der Waals surface area contributed by atoms with Crippen LogP contribution in [0.5, 0.6) is 0 Å². The number of hydrogen-bond donors (Lipinski definition) is 1. The van der Waals surface area contributed by atoms with Gasteiger partial charge < -0.3 is 5.11 Å². The van der Waals surface area contributed by atoms with Crippen molar-refractivity contribution in [2.75, 3.05) is 0 Å². The Kier molecular flexibility index (Phi) is 8.63. The Balaban J connectivity index is 1.67. The first-order valence-electron chi connectivity index (χ1n) is 12.9. The van der Waals surface area contributed by atoms with Gasteiger partial charge in [-0.25, -0.2) is 0 Å². The second-order valence-corrected chi connectivity index (χ2v) is 10.7. The van der Waals surface area contributed by atoms with Crippen LogP contribution in [0.25, 0.3) is 22.0 Å². The van der Waals surface area contributed by atoms with Crippen molar-refractivity contribution in [1.29, 1.82) is 0 Å². The second-order valence-electron chi connectivity index (χ2n) is 10.2. The lowest BCUT2D eigenvalue weighted by Crippen LogP contribution is -2.15. The second kappa shape index (κ2) is 11.8. The zero-order valence-corrected chi connectivity index (χ0v) is 23.1. The molecule has 2 aromatic carbocycles. The smallest absolute Gasteiger partial charge is 0.416 e. The summed E-state index contributed by atoms with van der Waals surface area (Å²) in [6, 6.07) is 10.4. The number of halogens is 4. The van der Waals surface area contributed by atoms with Gasteiger partial charge >= 0.3 is 12.1 Å². The molecule has 1 atom stereocenters. The zero-order chi connectivity index (χ0) is 29.2. The first-order valence-corrected chi connectivity index (χ1v) is 13.3. The normalized spacial score (nSPS) is 12.7. The van der Waals surface area contributed by atoms with Crippen molar-refractivity contribution >= 4 is 34.3 Å². The summed E-state index contributed by atoms with van der Waals surface area (Å²) in [7, 11) is 0. The molecular formula is C30H29ClF3N3O3. The molecule has 10 heteroatoms. The minimum atomic E-state index is -4.48. The molecule has 0 saturated heterocycles. The summed E-state index contributed by atoms with van der Waals surface area (Å²) in [5, 5.41) is 14.3. The molecule has 6 nitrogen and oxygen atoms in total. The van der Waals surface area contributed by atoms with Crippen molar-refractivity contribution in [3.63, 3.8) is 0 Å². The molecule has 40 heavy (non-hydrogen) atoms. The highest BCUT2D eigenvalue weighted by molar-refractivity contribution is 6.33. The van der Waals surface area contributed by atoms with Crippen LogP contribution in [0.3, 0.4) is 0 Å². The van der Waals surface area contributed by atoms with Crippen molar-refractivity contribution in [3.05, 3.63) is 82.3 Å². The maximum absolute atomic E-state index is 13.1. The Hall–Kier alpha value is -3.72. The van der Waals surface area contributed by atoms with Crippen LogP contribution in [0.2, 0.25) is 5.02 Å². The predicted octanol–water partition coefficient (Wildman–Crippen LogP) is 8.15. The van der Waals surface area contributed by atoms with Crippen LogP contribution in [0.4, 0.5) is 13.2 Å². The number of pyridine rings is 1. The summed E-state index contributed by atoms with van der Waals surface area (Å²) in [5.74, 6) is -0.834. The molecule has 210 valence electrons. The fourth-order valence-corrected chi connectivity index (χ4v) is 5.11. The first kappa shape index (κ1) is 29.3. The van der Waals surface area contributed by atoms with Crippen LogP contribution >= 0.6 is 11.6 Å². The number of carboxylic acids is 1. The first-order chi connectivity index (χ1) is 18.9. The van der Waals surface area contributed by atoms with E-state index in [-0.39, 0.29) is 41.8 Å². The van der Waals surface area contributed by atoms with Gasteiger partial charge in [0.15, 0.2) is 5.78 Å². The maximum atomic E-state index is 13.1. The van der Waals surface area contributed by atoms with Gasteiger partial charge in [-0.1, -0.05) is 43.6 Å². The van der Waals surface area contributed by atoms with E-state index in [9.17, 15) is 22.8 Å². The Bertz CT molecular complexity index is 1550. The van der Waals surface area contributed by atoms with Crippen molar-refractivity contribution < 1.29 is 27.9 Å². The molecule has 4 rings (SSSR count). The van der Waals surface area contributed by atoms with Gasteiger partial charge in [-0.3, -0.25) is 19.3 Å². The number of nitrogens with zero attached hydrogens (tertiary/aromatic N) is 3. The van der Waals surface area contributed by atoms with Crippen LogP contribution in [0, 0.1) is 12.8 Å². The Labute approximate surface area is 234 Å². The number of benzene rings is 2. The molecule has 0 spiro atoms. The largest absolute Gasteiger partial charge is 0.481 e. The van der Waals surface area contributed by atoms with Gasteiger partial charge in [0.1, 0.15) is 5.69 Å². The SMILES string of the molecule is Cc1c(-c2ccc(C(F)(F)F)cc2Cl)ccc2c1cnn2C(CC(C)C)c1ccc(C(=O)CCCC(=O)O)nc1. The van der Waals surface area contributed by atoms with Gasteiger partial charge in [-0.15, -0.1) is 0 Å². The van der Waals surface area contributed by atoms with E-state index in [1.54, 1.807) is 18.5 Å². The summed E-state index contributed by atoms with van der Waals surface area (Å²) >= 11 is 6.29. The molecule has 0 bridgehead atoms. The van der Waals surface area contributed by atoms with Gasteiger partial charge in [0.05, 0.1) is 23.3 Å². The summed E-state index contributed by atoms with van der Waals surface area (Å²) < 4.78 is 41.3. The van der Waals surface area contributed by atoms with E-state index in [0.29, 0.717) is 11.5 Å². The number of aryl methyl sites for hydroxylation is 1. The number of carbonyl (C=O) groups is 2. The number of alkyl halides is 3. The third kappa shape index (κ3) is 6.36. The molecular weight excluding hydrogens is 543 g/mol. The molecule has 1 N–H and O–H groups in total. The molecule has 0 aliphatic carbocycles. The van der Waals surface area contributed by atoms with Crippen molar-refractivity contribution in [1.82, 2.24) is 14.8 Å². The van der Waals surface area contributed by atoms with Crippen LogP contribution in [-0.2, 0) is 11.0 Å². The van der Waals surface area contributed by atoms with E-state index in [1.165, 1.54) is 6.07 Å². The third-order valence-electron chi connectivity index (χ3n) is 6.88. The average Bonchev–Trinajstić information content (AvgIpc) is 3.32. The molecule has 0 aliphatic heterocycles. The number of hydrogen-bond acceptors (Lipinski definition) is 4. The standard InChI is InChI=1S/C30H29ClF3N3O3/c1-17(2)13-27(19-7-11-25(35-15-19)28(38)5-4-6-29(39)40)37-26-12-10-21(18(3)23(26)16-36-37)22-9-8-20(14-24(22)31)30(32,33)34/h7-12,14-17,27H,4-6,13H2,1-3H3,(H,39,40). The number of rotatable bonds is 10. The number of carboxylic acid groups (broad SMARTS) is 1. The Morgan fingerprint density at radius 2 is 1.75 bits per heavy atom. The van der Waals surface area contributed by atoms with E-state index < -0.39 is 17.7 Å². The van der Waals surface area contributed by atoms with Gasteiger partial charge in [0, 0.05) is 35.0 Å². The highest BCUT2D eigenvalue weighted by atomic mass is 35.5. The summed E-state index contributed by atoms with van der Waals surface area (Å²) in [5.41, 5.74) is 3.28. The van der Waals surface area contributed by atoms with Crippen LogP contribution in [-0.4, -0.2) is 31.6 Å². The predicted molar refractivity (Wildman–Crippen MR) is 148 cm³/mol. The van der Waals surface area contributed by atoms with Crippen molar-refractivity contribution in [3.8, 4) is 11.1 Å². The molecule has 2 aromatic heterocycles. The lowest BCUT2D eigenvalue weighted by molar-refractivity contribution is -0.138. The molecule has 4 aromatic rings. The quantitative estimate of drug-likeness (QED) is 0.194. The molecule has 1 unspecified atom stereocenters. The van der Waals surface area contributed by atoms with Gasteiger partial charge in [-0.2, -0.15) is 18.3 Å². The summed E-state index contributed by atoms with van der Waals surface area (Å²) in [6.45, 7) is 6.09. The molecule has 0 aliphatic rings. The van der Waals surface area contributed by atoms with E-state index in [1.807, 2.05) is 29.8 Å². The number of aromatic nitrogens is 3. The molecule has 0 fully saturated rings. The highest BCUT2D eigenvalue weighted by Gasteiger charge is 2.31. The van der Waals surface area contributed by atoms with Gasteiger partial charge in [0.2, 0.25) is 0 Å². The lowest BCUT2D eigenvalue weighted by Gasteiger charge is -2.21. The Morgan fingerprint density at radius 3 is 2.35 bits per heavy atom. The van der Waals surface area contributed by atoms with Crippen LogP contribution in [0.15, 0.2) is 54.9 Å². The van der Waals surface area contributed by atoms with Crippen LogP contribution in [0.1, 0.15) is 72.8 Å². The van der Waals surface area contributed by atoms with E-state index in [2.05, 4.69) is 23.9 Å². The minimum absolute atomic E-state index is 0.0195. The number of carbonyl (C=O) groups excluding carboxylic acids is 1. The van der Waals surface area contributed by atoms with E-state index >= 15 is 0 Å². The Morgan fingerprint density at radius 1 is 1.02 bits per heavy atom. The van der Waals surface area contributed by atoms with Crippen LogP contribution < -0.4 is 0 Å². The van der Waals surface area contributed by atoms with Crippen molar-refractivity contribution in [2.45, 2.75) is 58.7 Å². The molecule has 2 heterocycles. The molecule has 0 saturated carbocycles. The third-order valence-corrected chi connectivity index (χ3v) is 7.19. The topological polar surface area (TPSA) is 85.1 Å². The van der Waals surface area contributed by atoms with E-state index in [0.717, 1.165) is 46.1 Å². The number of fused-ring (bicyclic) bond motifs is 1. The number of aliphatic carboxylic acids is 1.